The highest BCUT2D eigenvalue weighted by atomic mass is 16.5. The van der Waals surface area contributed by atoms with Crippen LogP contribution in [0.2, 0.25) is 0 Å². The van der Waals surface area contributed by atoms with Gasteiger partial charge in [0.15, 0.2) is 5.78 Å². The molecule has 0 saturated heterocycles. The van der Waals surface area contributed by atoms with Crippen molar-refractivity contribution in [2.75, 3.05) is 40.5 Å². The first-order valence-electron chi connectivity index (χ1n) is 9.45. The van der Waals surface area contributed by atoms with Gasteiger partial charge in [-0.1, -0.05) is 12.8 Å². The van der Waals surface area contributed by atoms with Gasteiger partial charge in [-0.15, -0.1) is 0 Å². The molecule has 158 valence electrons. The molecule has 1 saturated carbocycles. The molecule has 8 heteroatoms. The van der Waals surface area contributed by atoms with Gasteiger partial charge in [0.1, 0.15) is 24.4 Å². The maximum absolute atomic E-state index is 12.5. The molecule has 4 N–H and O–H groups in total. The minimum Gasteiger partial charge on any atom is -0.550 e. The molecular formula is C20H31NO7. The van der Waals surface area contributed by atoms with Crippen LogP contribution in [0.15, 0.2) is 24.3 Å². The molecule has 1 aromatic carbocycles. The van der Waals surface area contributed by atoms with E-state index in [1.54, 1.807) is 12.1 Å². The molecule has 1 fully saturated rings. The number of methoxy groups -OCH3 is 1. The number of carbonyl (C=O) groups is 2. The average molecular weight is 397 g/mol. The Bertz CT molecular complexity index is 613. The summed E-state index contributed by atoms with van der Waals surface area (Å²) in [5, 5.41) is 38.4. The third-order valence-corrected chi connectivity index (χ3v) is 4.98. The van der Waals surface area contributed by atoms with Crippen molar-refractivity contribution in [2.45, 2.75) is 31.3 Å². The second-order valence-electron chi connectivity index (χ2n) is 7.00. The third kappa shape index (κ3) is 6.56. The van der Waals surface area contributed by atoms with Crippen molar-refractivity contribution < 1.29 is 39.7 Å². The second-order valence-corrected chi connectivity index (χ2v) is 7.00. The number of carboxylic acid groups (broad SMARTS) is 1. The lowest BCUT2D eigenvalue weighted by molar-refractivity contribution is -0.880. The number of hydrogen-bond donors (Lipinski definition) is 4. The average Bonchev–Trinajstić information content (AvgIpc) is 2.68. The molecule has 2 atom stereocenters. The highest BCUT2D eigenvalue weighted by molar-refractivity contribution is 6.04. The molecular weight excluding hydrogens is 366 g/mol. The van der Waals surface area contributed by atoms with Gasteiger partial charge in [0.25, 0.3) is 0 Å². The summed E-state index contributed by atoms with van der Waals surface area (Å²) in [5.41, 5.74) is -1.59. The Morgan fingerprint density at radius 2 is 1.75 bits per heavy atom. The molecule has 1 aliphatic carbocycles. The van der Waals surface area contributed by atoms with E-state index < -0.39 is 23.3 Å². The largest absolute Gasteiger partial charge is 0.550 e. The minimum atomic E-state index is -1.87. The van der Waals surface area contributed by atoms with Gasteiger partial charge in [0.2, 0.25) is 0 Å². The van der Waals surface area contributed by atoms with E-state index >= 15 is 0 Å². The number of benzene rings is 1. The Balaban J connectivity index is 0.000000416. The number of aliphatic hydroxyl groups is 3. The Hall–Kier alpha value is -2.00. The molecule has 0 heterocycles. The Morgan fingerprint density at radius 1 is 1.18 bits per heavy atom. The second kappa shape index (κ2) is 11.8. The minimum absolute atomic E-state index is 0.149. The van der Waals surface area contributed by atoms with Crippen molar-refractivity contribution in [1.82, 2.24) is 0 Å². The van der Waals surface area contributed by atoms with Gasteiger partial charge in [-0.05, 0) is 37.1 Å². The third-order valence-electron chi connectivity index (χ3n) is 4.98. The molecule has 1 aromatic rings. The highest BCUT2D eigenvalue weighted by Crippen LogP contribution is 2.36. The number of quaternary nitrogens is 1. The summed E-state index contributed by atoms with van der Waals surface area (Å²) in [6, 6.07) is 6.26. The summed E-state index contributed by atoms with van der Waals surface area (Å²) in [6.45, 7) is 1.85. The van der Waals surface area contributed by atoms with Crippen LogP contribution in [-0.2, 0) is 4.79 Å². The van der Waals surface area contributed by atoms with Crippen molar-refractivity contribution in [3.63, 3.8) is 0 Å². The molecule has 8 nitrogen and oxygen atoms in total. The van der Waals surface area contributed by atoms with Gasteiger partial charge in [0.05, 0.1) is 27.4 Å². The van der Waals surface area contributed by atoms with Crippen LogP contribution in [0, 0.1) is 5.92 Å². The predicted molar refractivity (Wildman–Crippen MR) is 100 cm³/mol. The SMILES string of the molecule is COc1ccc(C(=O)C2(O)CCCCC2C(=O)[O-])cc1.C[NH+](CCO)CCO. The van der Waals surface area contributed by atoms with Gasteiger partial charge in [-0.2, -0.15) is 0 Å². The van der Waals surface area contributed by atoms with E-state index in [0.717, 1.165) is 18.0 Å². The van der Waals surface area contributed by atoms with Crippen LogP contribution in [0.1, 0.15) is 36.0 Å². The maximum Gasteiger partial charge on any atom is 0.195 e. The molecule has 1 aliphatic rings. The van der Waals surface area contributed by atoms with Crippen LogP contribution < -0.4 is 14.7 Å². The van der Waals surface area contributed by atoms with E-state index in [2.05, 4.69) is 0 Å². The summed E-state index contributed by atoms with van der Waals surface area (Å²) < 4.78 is 5.00. The monoisotopic (exact) mass is 397 g/mol. The molecule has 0 amide bonds. The molecule has 0 aliphatic heterocycles. The zero-order valence-electron chi connectivity index (χ0n) is 16.5. The van der Waals surface area contributed by atoms with E-state index in [-0.39, 0.29) is 31.6 Å². The van der Waals surface area contributed by atoms with Crippen molar-refractivity contribution in [1.29, 1.82) is 0 Å². The number of carboxylic acids is 1. The number of likely N-dealkylation sites (N-methyl/N-ethyl adjacent to an activating group) is 1. The van der Waals surface area contributed by atoms with Gasteiger partial charge >= 0.3 is 0 Å². The quantitative estimate of drug-likeness (QED) is 0.374. The van der Waals surface area contributed by atoms with Crippen LogP contribution in [0.5, 0.6) is 5.75 Å². The molecule has 0 aromatic heterocycles. The van der Waals surface area contributed by atoms with E-state index in [1.165, 1.54) is 19.2 Å². The molecule has 0 radical (unpaired) electrons. The van der Waals surface area contributed by atoms with E-state index in [9.17, 15) is 19.8 Å². The fraction of sp³-hybridized carbons (Fsp3) is 0.600. The number of rotatable bonds is 8. The van der Waals surface area contributed by atoms with E-state index in [1.807, 2.05) is 7.05 Å². The van der Waals surface area contributed by atoms with Crippen molar-refractivity contribution in [2.24, 2.45) is 5.92 Å². The summed E-state index contributed by atoms with van der Waals surface area (Å²) in [7, 11) is 3.45. The van der Waals surface area contributed by atoms with Crippen molar-refractivity contribution in [3.8, 4) is 5.75 Å². The summed E-state index contributed by atoms with van der Waals surface area (Å²) in [5.74, 6) is -2.48. The van der Waals surface area contributed by atoms with Gasteiger partial charge in [-0.25, -0.2) is 0 Å². The molecule has 2 rings (SSSR count). The first-order valence-corrected chi connectivity index (χ1v) is 9.45. The number of aliphatic carboxylic acids is 1. The van der Waals surface area contributed by atoms with Gasteiger partial charge < -0.3 is 34.9 Å². The lowest BCUT2D eigenvalue weighted by atomic mass is 9.71. The number of Topliss-reactive ketones (excluding diaryl/α,β-unsaturated/α-hetero) is 1. The summed E-state index contributed by atoms with van der Waals surface area (Å²) in [6.07, 6.45) is 1.72. The zero-order chi connectivity index (χ0) is 21.2. The Kier molecular flexibility index (Phi) is 10.1. The van der Waals surface area contributed by atoms with Gasteiger partial charge in [-0.3, -0.25) is 4.79 Å². The van der Waals surface area contributed by atoms with Crippen LogP contribution >= 0.6 is 0 Å². The molecule has 2 unspecified atom stereocenters. The molecule has 28 heavy (non-hydrogen) atoms. The fourth-order valence-electron chi connectivity index (χ4n) is 3.24. The number of aliphatic hydroxyl groups excluding tert-OH is 2. The van der Waals surface area contributed by atoms with Crippen LogP contribution in [0.25, 0.3) is 0 Å². The maximum atomic E-state index is 12.5. The predicted octanol–water partition coefficient (Wildman–Crippen LogP) is -1.97. The lowest BCUT2D eigenvalue weighted by Gasteiger charge is -2.39. The smallest absolute Gasteiger partial charge is 0.195 e. The van der Waals surface area contributed by atoms with Crippen LogP contribution in [0.3, 0.4) is 0 Å². The summed E-state index contributed by atoms with van der Waals surface area (Å²) >= 11 is 0. The fourth-order valence-corrected chi connectivity index (χ4v) is 3.24. The van der Waals surface area contributed by atoms with E-state index in [0.29, 0.717) is 18.6 Å². The number of carbonyl (C=O) groups excluding carboxylic acids is 2. The molecule has 0 bridgehead atoms. The Labute approximate surface area is 165 Å². The van der Waals surface area contributed by atoms with Crippen LogP contribution in [0.4, 0.5) is 0 Å². The summed E-state index contributed by atoms with van der Waals surface area (Å²) in [4.78, 5) is 24.8. The first-order chi connectivity index (χ1) is 13.3. The number of hydrogen-bond acceptors (Lipinski definition) is 7. The normalized spacial score (nSPS) is 21.6. The Morgan fingerprint density at radius 3 is 2.21 bits per heavy atom. The highest BCUT2D eigenvalue weighted by Gasteiger charge is 2.46. The van der Waals surface area contributed by atoms with Crippen LogP contribution in [-0.4, -0.2) is 73.1 Å². The van der Waals surface area contributed by atoms with Crippen molar-refractivity contribution in [3.05, 3.63) is 29.8 Å². The first kappa shape index (κ1) is 24.0. The van der Waals surface area contributed by atoms with E-state index in [4.69, 9.17) is 14.9 Å². The van der Waals surface area contributed by atoms with Crippen molar-refractivity contribution >= 4 is 11.8 Å². The zero-order valence-corrected chi connectivity index (χ0v) is 16.5. The number of ketones is 1. The number of ether oxygens (including phenoxy) is 1. The van der Waals surface area contributed by atoms with Gasteiger partial charge in [0, 0.05) is 17.5 Å². The molecule has 0 spiro atoms. The lowest BCUT2D eigenvalue weighted by Crippen LogP contribution is -3.10. The number of nitrogens with one attached hydrogen (secondary N) is 1. The standard InChI is InChI=1S/C15H18O5.C5H13NO2/c1-20-11-7-5-10(6-8-11)13(16)15(19)9-3-2-4-12(15)14(17)18;1-6(2-4-7)3-5-8/h5-8,12,19H,2-4,9H2,1H3,(H,17,18);7-8H,2-5H2,1H3. The topological polar surface area (TPSA) is 132 Å².